The quantitative estimate of drug-likeness (QED) is 0.0587. The fourth-order valence-electron chi connectivity index (χ4n) is 3.39. The van der Waals surface area contributed by atoms with E-state index >= 15 is 0 Å². The van der Waals surface area contributed by atoms with Crippen LogP contribution >= 0.6 is 46.5 Å². The molecule has 1 saturated heterocycles. The van der Waals surface area contributed by atoms with Crippen molar-refractivity contribution in [2.24, 2.45) is 12.2 Å². The van der Waals surface area contributed by atoms with E-state index in [-0.39, 0.29) is 38.9 Å². The van der Waals surface area contributed by atoms with Crippen LogP contribution in [0.15, 0.2) is 21.6 Å². The SMILES string of the molecule is C#CCON=C(C(=O)NC1C(=O)N2C(C(=O)O)=C(CSc3nnnn3C)CS[C@@H]12)c1nc(NC=O)sc1Cl. The van der Waals surface area contributed by atoms with Gasteiger partial charge < -0.3 is 20.6 Å². The van der Waals surface area contributed by atoms with Crippen LogP contribution in [0.5, 0.6) is 0 Å². The maximum atomic E-state index is 13.1. The van der Waals surface area contributed by atoms with Crippen molar-refractivity contribution in [1.82, 2.24) is 35.4 Å². The van der Waals surface area contributed by atoms with Gasteiger partial charge in [0.15, 0.2) is 17.5 Å². The number of hydrogen-bond donors (Lipinski definition) is 3. The number of hydrogen-bond acceptors (Lipinski definition) is 13. The number of nitrogens with zero attached hydrogens (tertiary/aromatic N) is 7. The monoisotopic (exact) mass is 597 g/mol. The summed E-state index contributed by atoms with van der Waals surface area (Å²) in [6, 6.07) is -1.05. The Hall–Kier alpha value is -3.66. The molecule has 0 radical (unpaired) electrons. The number of tetrazole rings is 1. The molecule has 3 N–H and O–H groups in total. The number of aromatic nitrogens is 5. The van der Waals surface area contributed by atoms with E-state index in [1.165, 1.54) is 28.2 Å². The molecule has 0 aromatic carbocycles. The highest BCUT2D eigenvalue weighted by Gasteiger charge is 2.54. The molecule has 4 rings (SSSR count). The maximum Gasteiger partial charge on any atom is 0.352 e. The van der Waals surface area contributed by atoms with Gasteiger partial charge in [-0.1, -0.05) is 45.8 Å². The van der Waals surface area contributed by atoms with Crippen molar-refractivity contribution >= 4 is 81.5 Å². The number of carbonyl (C=O) groups is 4. The molecular weight excluding hydrogens is 582 g/mol. The fraction of sp³-hybridized carbons (Fsp3) is 0.316. The zero-order valence-corrected chi connectivity index (χ0v) is 22.4. The second-order valence-corrected chi connectivity index (χ2v) is 11.0. The molecule has 2 aromatic heterocycles. The molecule has 15 nitrogen and oxygen atoms in total. The van der Waals surface area contributed by atoms with Crippen molar-refractivity contribution in [3.63, 3.8) is 0 Å². The highest BCUT2D eigenvalue weighted by Crippen LogP contribution is 2.41. The minimum atomic E-state index is -1.27. The Morgan fingerprint density at radius 1 is 1.47 bits per heavy atom. The van der Waals surface area contributed by atoms with E-state index in [0.717, 1.165) is 16.2 Å². The van der Waals surface area contributed by atoms with E-state index in [1.807, 2.05) is 0 Å². The van der Waals surface area contributed by atoms with E-state index < -0.39 is 29.2 Å². The molecule has 0 spiro atoms. The van der Waals surface area contributed by atoms with Crippen LogP contribution in [0, 0.1) is 12.3 Å². The van der Waals surface area contributed by atoms with Crippen molar-refractivity contribution < 1.29 is 29.1 Å². The predicted octanol–water partition coefficient (Wildman–Crippen LogP) is -0.227. The lowest BCUT2D eigenvalue weighted by molar-refractivity contribution is -0.150. The molecule has 2 aliphatic rings. The molecule has 0 bridgehead atoms. The molecule has 38 heavy (non-hydrogen) atoms. The number of anilines is 1. The zero-order chi connectivity index (χ0) is 27.4. The van der Waals surface area contributed by atoms with Crippen molar-refractivity contribution in [1.29, 1.82) is 0 Å². The molecule has 0 aliphatic carbocycles. The standard InChI is InChI=1S/C19H16ClN9O6S3/c1-3-4-35-25-10(9-13(20)38-18(23-9)21-7-30)14(31)22-11-15(32)29-12(17(33)34)8(5-36-16(11)29)6-37-19-24-26-27-28(19)2/h1,7,11,16H,4-6H2,2H3,(H,22,31)(H,33,34)(H,21,23,30)/t11?,16-/m0/s1. The topological polar surface area (TPSA) is 194 Å². The molecule has 19 heteroatoms. The number of aryl methyl sites for hydroxylation is 1. The van der Waals surface area contributed by atoms with Crippen LogP contribution in [0.2, 0.25) is 4.34 Å². The number of carboxylic acids is 1. The minimum absolute atomic E-state index is 0.0255. The first-order chi connectivity index (χ1) is 18.3. The Morgan fingerprint density at radius 2 is 2.26 bits per heavy atom. The number of amides is 3. The largest absolute Gasteiger partial charge is 0.477 e. The Kier molecular flexibility index (Phi) is 8.51. The summed E-state index contributed by atoms with van der Waals surface area (Å²) in [7, 11) is 1.65. The normalized spacial score (nSPS) is 18.8. The second kappa shape index (κ2) is 11.8. The van der Waals surface area contributed by atoms with Gasteiger partial charge in [0, 0.05) is 18.6 Å². The van der Waals surface area contributed by atoms with E-state index in [1.54, 1.807) is 7.05 Å². The van der Waals surface area contributed by atoms with Crippen LogP contribution < -0.4 is 10.6 Å². The number of halogens is 1. The van der Waals surface area contributed by atoms with Gasteiger partial charge in [-0.15, -0.1) is 23.3 Å². The van der Waals surface area contributed by atoms with Gasteiger partial charge in [0.1, 0.15) is 27.1 Å². The molecule has 3 amide bonds. The Bertz CT molecular complexity index is 1400. The predicted molar refractivity (Wildman–Crippen MR) is 137 cm³/mol. The van der Waals surface area contributed by atoms with E-state index in [0.29, 0.717) is 22.9 Å². The summed E-state index contributed by atoms with van der Waals surface area (Å²) in [4.78, 5) is 59.1. The van der Waals surface area contributed by atoms with Gasteiger partial charge in [0.25, 0.3) is 11.8 Å². The molecule has 2 aliphatic heterocycles. The van der Waals surface area contributed by atoms with Crippen LogP contribution in [0.3, 0.4) is 0 Å². The van der Waals surface area contributed by atoms with Crippen molar-refractivity contribution in [3.8, 4) is 12.3 Å². The van der Waals surface area contributed by atoms with Gasteiger partial charge in [-0.25, -0.2) is 14.5 Å². The van der Waals surface area contributed by atoms with Gasteiger partial charge in [0.05, 0.1) is 0 Å². The first kappa shape index (κ1) is 27.4. The summed E-state index contributed by atoms with van der Waals surface area (Å²) in [6.07, 6.45) is 5.55. The van der Waals surface area contributed by atoms with Crippen molar-refractivity contribution in [3.05, 3.63) is 21.3 Å². The third-order valence-electron chi connectivity index (χ3n) is 5.00. The van der Waals surface area contributed by atoms with E-state index in [2.05, 4.69) is 42.2 Å². The molecule has 2 atom stereocenters. The van der Waals surface area contributed by atoms with Crippen LogP contribution in [0.1, 0.15) is 5.69 Å². The van der Waals surface area contributed by atoms with Gasteiger partial charge in [0.2, 0.25) is 11.6 Å². The molecule has 4 heterocycles. The van der Waals surface area contributed by atoms with Gasteiger partial charge in [-0.2, -0.15) is 0 Å². The highest BCUT2D eigenvalue weighted by atomic mass is 35.5. The number of fused-ring (bicyclic) bond motifs is 1. The summed E-state index contributed by atoms with van der Waals surface area (Å²) >= 11 is 9.58. The number of thioether (sulfide) groups is 2. The fourth-order valence-corrected chi connectivity index (χ4v) is 6.72. The zero-order valence-electron chi connectivity index (χ0n) is 19.2. The summed E-state index contributed by atoms with van der Waals surface area (Å²) < 4.78 is 1.47. The number of rotatable bonds is 11. The minimum Gasteiger partial charge on any atom is -0.477 e. The highest BCUT2D eigenvalue weighted by molar-refractivity contribution is 8.01. The first-order valence-electron chi connectivity index (χ1n) is 10.3. The van der Waals surface area contributed by atoms with E-state index in [4.69, 9.17) is 22.9 Å². The van der Waals surface area contributed by atoms with Gasteiger partial charge >= 0.3 is 5.97 Å². The molecule has 1 fully saturated rings. The van der Waals surface area contributed by atoms with E-state index in [9.17, 15) is 24.3 Å². The smallest absolute Gasteiger partial charge is 0.352 e. The number of oxime groups is 1. The summed E-state index contributed by atoms with van der Waals surface area (Å²) in [5, 5.41) is 29.5. The summed E-state index contributed by atoms with van der Waals surface area (Å²) in [5.41, 5.74) is -0.112. The molecule has 2 aromatic rings. The number of β-lactam (4-membered cyclic amide) rings is 1. The first-order valence-corrected chi connectivity index (χ1v) is 13.6. The lowest BCUT2D eigenvalue weighted by Crippen LogP contribution is -2.71. The van der Waals surface area contributed by atoms with Gasteiger partial charge in [-0.05, 0) is 16.0 Å². The van der Waals surface area contributed by atoms with Crippen LogP contribution in [0.4, 0.5) is 5.13 Å². The van der Waals surface area contributed by atoms with Crippen LogP contribution in [-0.4, -0.2) is 94.6 Å². The van der Waals surface area contributed by atoms with Crippen LogP contribution in [-0.2, 0) is 31.1 Å². The number of terminal acetylenes is 1. The third kappa shape index (κ3) is 5.45. The Morgan fingerprint density at radius 3 is 2.92 bits per heavy atom. The number of aliphatic carboxylic acids is 1. The number of carboxylic acid groups (broad SMARTS) is 1. The number of nitrogens with one attached hydrogen (secondary N) is 2. The summed E-state index contributed by atoms with van der Waals surface area (Å²) in [5.74, 6) is -0.00601. The Balaban J connectivity index is 1.52. The van der Waals surface area contributed by atoms with Crippen molar-refractivity contribution in [2.75, 3.05) is 23.4 Å². The molecule has 1 unspecified atom stereocenters. The maximum absolute atomic E-state index is 13.1. The number of thiazole rings is 1. The average Bonchev–Trinajstić information content (AvgIpc) is 3.47. The van der Waals surface area contributed by atoms with Gasteiger partial charge in [-0.3, -0.25) is 19.3 Å². The average molecular weight is 598 g/mol. The molecular formula is C19H16ClN9O6S3. The molecule has 198 valence electrons. The lowest BCUT2D eigenvalue weighted by atomic mass is 10.0. The van der Waals surface area contributed by atoms with Crippen molar-refractivity contribution in [2.45, 2.75) is 16.6 Å². The van der Waals surface area contributed by atoms with Crippen LogP contribution in [0.25, 0.3) is 0 Å². The second-order valence-electron chi connectivity index (χ2n) is 7.31. The summed E-state index contributed by atoms with van der Waals surface area (Å²) in [6.45, 7) is -0.259. The number of carbonyl (C=O) groups excluding carboxylic acids is 3. The third-order valence-corrected chi connectivity index (χ3v) is 8.63. The molecule has 0 saturated carbocycles. The Labute approximate surface area is 231 Å². The lowest BCUT2D eigenvalue weighted by Gasteiger charge is -2.49.